The fourth-order valence-electron chi connectivity index (χ4n) is 5.68. The van der Waals surface area contributed by atoms with E-state index >= 15 is 0 Å². The molecule has 4 aromatic rings. The predicted molar refractivity (Wildman–Crippen MR) is 169 cm³/mol. The Bertz CT molecular complexity index is 1470. The van der Waals surface area contributed by atoms with Gasteiger partial charge in [0.25, 0.3) is 0 Å². The summed E-state index contributed by atoms with van der Waals surface area (Å²) in [5.41, 5.74) is 5.50. The van der Waals surface area contributed by atoms with Crippen molar-refractivity contribution in [3.8, 4) is 17.2 Å². The molecule has 0 amide bonds. The van der Waals surface area contributed by atoms with Gasteiger partial charge in [-0.1, -0.05) is 74.5 Å². The minimum Gasteiger partial charge on any atom is -0.491 e. The van der Waals surface area contributed by atoms with Crippen molar-refractivity contribution in [1.29, 1.82) is 0 Å². The van der Waals surface area contributed by atoms with Gasteiger partial charge in [0, 0.05) is 10.8 Å². The number of ether oxygens (including phenoxy) is 6. The fraction of sp³-hybridized carbons (Fsp3) is 0.368. The van der Waals surface area contributed by atoms with E-state index in [2.05, 4.69) is 118 Å². The highest BCUT2D eigenvalue weighted by Gasteiger charge is 2.33. The summed E-state index contributed by atoms with van der Waals surface area (Å²) in [6.07, 6.45) is 0.699. The maximum Gasteiger partial charge on any atom is 0.119 e. The van der Waals surface area contributed by atoms with Gasteiger partial charge < -0.3 is 28.4 Å². The van der Waals surface area contributed by atoms with Crippen LogP contribution in [0.2, 0.25) is 0 Å². The number of rotatable bonds is 14. The number of hydrogen-bond donors (Lipinski definition) is 0. The lowest BCUT2D eigenvalue weighted by Crippen LogP contribution is -2.26. The summed E-state index contributed by atoms with van der Waals surface area (Å²) in [5.74, 6) is 2.58. The first-order valence-corrected chi connectivity index (χ1v) is 15.5. The van der Waals surface area contributed by atoms with E-state index in [-0.39, 0.29) is 23.7 Å². The van der Waals surface area contributed by atoms with E-state index in [0.29, 0.717) is 19.8 Å². The van der Waals surface area contributed by atoms with Crippen LogP contribution in [0.3, 0.4) is 0 Å². The van der Waals surface area contributed by atoms with Crippen LogP contribution in [-0.4, -0.2) is 58.0 Å². The van der Waals surface area contributed by atoms with Gasteiger partial charge >= 0.3 is 0 Å². The molecule has 4 aromatic carbocycles. The van der Waals surface area contributed by atoms with E-state index < -0.39 is 5.41 Å². The maximum atomic E-state index is 5.94. The molecule has 0 saturated carbocycles. The van der Waals surface area contributed by atoms with Gasteiger partial charge in [0.1, 0.15) is 55.4 Å². The van der Waals surface area contributed by atoms with Crippen LogP contribution >= 0.6 is 0 Å². The third kappa shape index (κ3) is 6.48. The van der Waals surface area contributed by atoms with Gasteiger partial charge in [0.2, 0.25) is 0 Å². The highest BCUT2D eigenvalue weighted by Crippen LogP contribution is 2.41. The highest BCUT2D eigenvalue weighted by molar-refractivity contribution is 5.52. The number of hydrogen-bond acceptors (Lipinski definition) is 6. The maximum absolute atomic E-state index is 5.94. The molecule has 2 unspecified atom stereocenters. The smallest absolute Gasteiger partial charge is 0.119 e. The molecule has 3 heterocycles. The molecule has 6 nitrogen and oxygen atoms in total. The van der Waals surface area contributed by atoms with Crippen LogP contribution in [0.4, 0.5) is 0 Å². The van der Waals surface area contributed by atoms with Gasteiger partial charge in [-0.25, -0.2) is 0 Å². The van der Waals surface area contributed by atoms with E-state index in [9.17, 15) is 0 Å². The molecule has 0 N–H and O–H groups in total. The molecule has 3 saturated heterocycles. The minimum atomic E-state index is -0.400. The van der Waals surface area contributed by atoms with Crippen molar-refractivity contribution < 1.29 is 28.4 Å². The summed E-state index contributed by atoms with van der Waals surface area (Å²) in [5, 5.41) is 0. The Labute approximate surface area is 259 Å². The topological polar surface area (TPSA) is 65.3 Å². The van der Waals surface area contributed by atoms with Crippen LogP contribution in [0.5, 0.6) is 17.2 Å². The molecule has 0 spiro atoms. The summed E-state index contributed by atoms with van der Waals surface area (Å²) in [4.78, 5) is 0. The summed E-state index contributed by atoms with van der Waals surface area (Å²) in [7, 11) is 0. The Morgan fingerprint density at radius 2 is 0.705 bits per heavy atom. The second-order valence-corrected chi connectivity index (χ2v) is 12.7. The average Bonchev–Trinajstić information content (AvgIpc) is 3.91. The molecule has 0 bridgehead atoms. The normalized spacial score (nSPS) is 21.7. The molecule has 7 rings (SSSR count). The third-order valence-corrected chi connectivity index (χ3v) is 9.14. The van der Waals surface area contributed by atoms with Gasteiger partial charge in [-0.05, 0) is 71.1 Å². The van der Waals surface area contributed by atoms with Crippen molar-refractivity contribution in [2.24, 2.45) is 0 Å². The molecule has 6 heteroatoms. The Hall–Kier alpha value is -3.84. The largest absolute Gasteiger partial charge is 0.491 e. The number of benzene rings is 4. The van der Waals surface area contributed by atoms with Crippen molar-refractivity contribution in [2.45, 2.75) is 49.9 Å². The van der Waals surface area contributed by atoms with Crippen LogP contribution in [0.1, 0.15) is 48.6 Å². The standard InChI is InChI=1S/C38H40O6/c1-37(2,27-8-14-31(15-9-27)39-20-34-23-42-34)26-4-6-28(7-5-26)38(3,29-10-16-32(17-11-29)40-21-35-24-43-35)30-12-18-33(19-13-30)41-22-36-25-44-36/h4-19,34-36H,20-25H2,1-3H3/t34-,35?,36?,38?/m0/s1. The fourth-order valence-corrected chi connectivity index (χ4v) is 5.68. The van der Waals surface area contributed by atoms with Crippen LogP contribution < -0.4 is 14.2 Å². The van der Waals surface area contributed by atoms with Gasteiger partial charge in [-0.2, -0.15) is 0 Å². The summed E-state index contributed by atoms with van der Waals surface area (Å²) in [6.45, 7) is 11.0. The van der Waals surface area contributed by atoms with Gasteiger partial charge in [-0.3, -0.25) is 0 Å². The monoisotopic (exact) mass is 592 g/mol. The molecule has 228 valence electrons. The quantitative estimate of drug-likeness (QED) is 0.120. The van der Waals surface area contributed by atoms with E-state index in [0.717, 1.165) is 37.1 Å². The first kappa shape index (κ1) is 28.9. The molecule has 0 aromatic heterocycles. The molecular weight excluding hydrogens is 552 g/mol. The Kier molecular flexibility index (Phi) is 7.83. The van der Waals surface area contributed by atoms with Crippen molar-refractivity contribution in [3.63, 3.8) is 0 Å². The first-order chi connectivity index (χ1) is 21.4. The van der Waals surface area contributed by atoms with Crippen molar-refractivity contribution in [2.75, 3.05) is 39.6 Å². The summed E-state index contributed by atoms with van der Waals surface area (Å²) < 4.78 is 33.6. The highest BCUT2D eigenvalue weighted by atomic mass is 16.6. The molecule has 0 radical (unpaired) electrons. The molecule has 3 aliphatic rings. The van der Waals surface area contributed by atoms with Gasteiger partial charge in [-0.15, -0.1) is 0 Å². The van der Waals surface area contributed by atoms with E-state index in [1.807, 2.05) is 0 Å². The van der Waals surface area contributed by atoms with Crippen LogP contribution in [0.15, 0.2) is 97.1 Å². The van der Waals surface area contributed by atoms with E-state index in [1.165, 1.54) is 27.8 Å². The molecular formula is C38H40O6. The molecule has 0 aliphatic carbocycles. The Morgan fingerprint density at radius 1 is 0.455 bits per heavy atom. The molecule has 3 aliphatic heterocycles. The third-order valence-electron chi connectivity index (χ3n) is 9.14. The van der Waals surface area contributed by atoms with Crippen molar-refractivity contribution in [1.82, 2.24) is 0 Å². The molecule has 3 fully saturated rings. The SMILES string of the molecule is CC(C)(c1ccc(OC[C@H]2CO2)cc1)c1ccc(C(C)(c2ccc(OCC3CO3)cc2)c2ccc(OCC3CO3)cc2)cc1. The second kappa shape index (κ2) is 11.9. The zero-order chi connectivity index (χ0) is 30.1. The molecule has 3 atom stereocenters. The van der Waals surface area contributed by atoms with E-state index in [1.54, 1.807) is 0 Å². The summed E-state index contributed by atoms with van der Waals surface area (Å²) >= 11 is 0. The lowest BCUT2D eigenvalue weighted by Gasteiger charge is -2.33. The van der Waals surface area contributed by atoms with Crippen LogP contribution in [0.25, 0.3) is 0 Å². The predicted octanol–water partition coefficient (Wildman–Crippen LogP) is 6.70. The average molecular weight is 593 g/mol. The Morgan fingerprint density at radius 3 is 1.00 bits per heavy atom. The minimum absolute atomic E-state index is 0.179. The van der Waals surface area contributed by atoms with Crippen LogP contribution in [-0.2, 0) is 25.0 Å². The van der Waals surface area contributed by atoms with Gasteiger partial charge in [0.15, 0.2) is 0 Å². The first-order valence-electron chi connectivity index (χ1n) is 15.5. The summed E-state index contributed by atoms with van der Waals surface area (Å²) in [6, 6.07) is 34.5. The Balaban J connectivity index is 1.15. The van der Waals surface area contributed by atoms with Crippen LogP contribution in [0, 0.1) is 0 Å². The van der Waals surface area contributed by atoms with Gasteiger partial charge in [0.05, 0.1) is 19.8 Å². The lowest BCUT2D eigenvalue weighted by atomic mass is 9.70. The van der Waals surface area contributed by atoms with Crippen molar-refractivity contribution in [3.05, 3.63) is 125 Å². The van der Waals surface area contributed by atoms with E-state index in [4.69, 9.17) is 28.4 Å². The number of epoxide rings is 3. The second-order valence-electron chi connectivity index (χ2n) is 12.7. The zero-order valence-electron chi connectivity index (χ0n) is 25.7. The zero-order valence-corrected chi connectivity index (χ0v) is 25.7. The lowest BCUT2D eigenvalue weighted by molar-refractivity contribution is 0.263. The van der Waals surface area contributed by atoms with Crippen molar-refractivity contribution >= 4 is 0 Å². The molecule has 44 heavy (non-hydrogen) atoms.